The number of rotatable bonds is 3. The molecule has 0 aromatic heterocycles. The first-order valence-electron chi connectivity index (χ1n) is 5.01. The van der Waals surface area contributed by atoms with Gasteiger partial charge in [0.25, 0.3) is 5.69 Å². The summed E-state index contributed by atoms with van der Waals surface area (Å²) in [5.41, 5.74) is 0.200. The molecule has 86 valence electrons. The summed E-state index contributed by atoms with van der Waals surface area (Å²) in [6.07, 6.45) is 0. The van der Waals surface area contributed by atoms with E-state index < -0.39 is 0 Å². The Morgan fingerprint density at radius 3 is 2.69 bits per heavy atom. The molecular formula is C10H12N2O2S2. The highest BCUT2D eigenvalue weighted by Crippen LogP contribution is 2.32. The van der Waals surface area contributed by atoms with Gasteiger partial charge in [0, 0.05) is 30.7 Å². The molecule has 4 nitrogen and oxygen atoms in total. The zero-order valence-corrected chi connectivity index (χ0v) is 10.3. The van der Waals surface area contributed by atoms with Gasteiger partial charge in [-0.3, -0.25) is 10.1 Å². The highest BCUT2D eigenvalue weighted by Gasteiger charge is 2.18. The van der Waals surface area contributed by atoms with Gasteiger partial charge in [-0.15, -0.1) is 0 Å². The van der Waals surface area contributed by atoms with Gasteiger partial charge in [0.15, 0.2) is 0 Å². The molecule has 1 aromatic carbocycles. The van der Waals surface area contributed by atoms with Gasteiger partial charge < -0.3 is 0 Å². The Balaban J connectivity index is 2.10. The SMILES string of the molecule is O=[N+]([O-])c1ccccc1SN1CCSCC1. The van der Waals surface area contributed by atoms with E-state index in [0.717, 1.165) is 29.5 Å². The molecule has 6 heteroatoms. The normalized spacial score (nSPS) is 17.2. The van der Waals surface area contributed by atoms with E-state index in [4.69, 9.17) is 0 Å². The standard InChI is InChI=1S/C10H12N2O2S2/c13-12(14)9-3-1-2-4-10(9)16-11-5-7-15-8-6-11/h1-4H,5-8H2. The molecule has 1 saturated heterocycles. The van der Waals surface area contributed by atoms with Crippen LogP contribution < -0.4 is 0 Å². The summed E-state index contributed by atoms with van der Waals surface area (Å²) < 4.78 is 2.19. The van der Waals surface area contributed by atoms with Gasteiger partial charge in [-0.25, -0.2) is 4.31 Å². The molecule has 2 rings (SSSR count). The Labute approximate surface area is 103 Å². The first-order chi connectivity index (χ1) is 7.77. The van der Waals surface area contributed by atoms with Crippen molar-refractivity contribution in [3.63, 3.8) is 0 Å². The number of nitro benzene ring substituents is 1. The molecule has 0 unspecified atom stereocenters. The maximum absolute atomic E-state index is 10.8. The zero-order chi connectivity index (χ0) is 11.4. The smallest absolute Gasteiger partial charge is 0.258 e. The van der Waals surface area contributed by atoms with Crippen LogP contribution in [0.4, 0.5) is 5.69 Å². The highest BCUT2D eigenvalue weighted by molar-refractivity contribution is 8.00. The van der Waals surface area contributed by atoms with E-state index >= 15 is 0 Å². The van der Waals surface area contributed by atoms with Gasteiger partial charge in [-0.1, -0.05) is 12.1 Å². The summed E-state index contributed by atoms with van der Waals surface area (Å²) in [5, 5.41) is 10.8. The Morgan fingerprint density at radius 1 is 1.31 bits per heavy atom. The van der Waals surface area contributed by atoms with Gasteiger partial charge in [-0.2, -0.15) is 11.8 Å². The van der Waals surface area contributed by atoms with E-state index in [2.05, 4.69) is 4.31 Å². The predicted molar refractivity (Wildman–Crippen MR) is 67.9 cm³/mol. The predicted octanol–water partition coefficient (Wildman–Crippen LogP) is 2.65. The minimum atomic E-state index is -0.318. The summed E-state index contributed by atoms with van der Waals surface area (Å²) in [7, 11) is 0. The fourth-order valence-corrected chi connectivity index (χ4v) is 3.62. The summed E-state index contributed by atoms with van der Waals surface area (Å²) in [5.74, 6) is 2.21. The van der Waals surface area contributed by atoms with Crippen molar-refractivity contribution in [3.05, 3.63) is 34.4 Å². The van der Waals surface area contributed by atoms with E-state index in [-0.39, 0.29) is 10.6 Å². The van der Waals surface area contributed by atoms with Crippen molar-refractivity contribution < 1.29 is 4.92 Å². The Hall–Kier alpha value is -0.720. The lowest BCUT2D eigenvalue weighted by atomic mass is 10.3. The fraction of sp³-hybridized carbons (Fsp3) is 0.400. The molecule has 0 atom stereocenters. The third-order valence-corrected chi connectivity index (χ3v) is 4.37. The van der Waals surface area contributed by atoms with Crippen LogP contribution >= 0.6 is 23.7 Å². The van der Waals surface area contributed by atoms with Crippen LogP contribution in [0.15, 0.2) is 29.2 Å². The van der Waals surface area contributed by atoms with Crippen LogP contribution in [0.25, 0.3) is 0 Å². The number of para-hydroxylation sites is 1. The number of nitro groups is 1. The number of benzene rings is 1. The monoisotopic (exact) mass is 256 g/mol. The van der Waals surface area contributed by atoms with Gasteiger partial charge in [0.1, 0.15) is 4.90 Å². The van der Waals surface area contributed by atoms with Gasteiger partial charge in [-0.05, 0) is 18.0 Å². The van der Waals surface area contributed by atoms with E-state index in [0.29, 0.717) is 0 Å². The number of nitrogens with zero attached hydrogens (tertiary/aromatic N) is 2. The molecule has 1 aliphatic heterocycles. The Morgan fingerprint density at radius 2 is 2.00 bits per heavy atom. The van der Waals surface area contributed by atoms with Crippen LogP contribution in [-0.2, 0) is 0 Å². The van der Waals surface area contributed by atoms with Crippen molar-refractivity contribution in [1.82, 2.24) is 4.31 Å². The number of thioether (sulfide) groups is 1. The van der Waals surface area contributed by atoms with Crippen molar-refractivity contribution in [2.24, 2.45) is 0 Å². The molecule has 0 spiro atoms. The molecule has 0 amide bonds. The number of hydrogen-bond donors (Lipinski definition) is 0. The average Bonchev–Trinajstić information content (AvgIpc) is 2.31. The van der Waals surface area contributed by atoms with Crippen molar-refractivity contribution in [2.75, 3.05) is 24.6 Å². The van der Waals surface area contributed by atoms with E-state index in [9.17, 15) is 10.1 Å². The fourth-order valence-electron chi connectivity index (χ4n) is 1.46. The largest absolute Gasteiger partial charge is 0.284 e. The van der Waals surface area contributed by atoms with Crippen LogP contribution in [0.1, 0.15) is 0 Å². The third kappa shape index (κ3) is 2.90. The summed E-state index contributed by atoms with van der Waals surface area (Å²) >= 11 is 3.43. The molecule has 0 N–H and O–H groups in total. The van der Waals surface area contributed by atoms with Crippen molar-refractivity contribution in [2.45, 2.75) is 4.90 Å². The van der Waals surface area contributed by atoms with Crippen LogP contribution in [-0.4, -0.2) is 33.8 Å². The minimum absolute atomic E-state index is 0.200. The first-order valence-corrected chi connectivity index (χ1v) is 6.94. The van der Waals surface area contributed by atoms with E-state index in [1.807, 2.05) is 23.9 Å². The molecular weight excluding hydrogens is 244 g/mol. The molecule has 0 aliphatic carbocycles. The Kier molecular flexibility index (Phi) is 4.09. The lowest BCUT2D eigenvalue weighted by Gasteiger charge is -2.24. The van der Waals surface area contributed by atoms with E-state index in [1.54, 1.807) is 12.1 Å². The summed E-state index contributed by atoms with van der Waals surface area (Å²) in [6, 6.07) is 6.91. The summed E-state index contributed by atoms with van der Waals surface area (Å²) in [6.45, 7) is 1.97. The second kappa shape index (κ2) is 5.56. The van der Waals surface area contributed by atoms with Gasteiger partial charge in [0.05, 0.1) is 4.92 Å². The average molecular weight is 256 g/mol. The van der Waals surface area contributed by atoms with Crippen LogP contribution in [0.2, 0.25) is 0 Å². The minimum Gasteiger partial charge on any atom is -0.258 e. The maximum Gasteiger partial charge on any atom is 0.284 e. The van der Waals surface area contributed by atoms with Crippen LogP contribution in [0.5, 0.6) is 0 Å². The van der Waals surface area contributed by atoms with Gasteiger partial charge in [0.2, 0.25) is 0 Å². The quantitative estimate of drug-likeness (QED) is 0.472. The van der Waals surface area contributed by atoms with Crippen LogP contribution in [0.3, 0.4) is 0 Å². The Bertz CT molecular complexity index is 381. The second-order valence-corrected chi connectivity index (χ2v) is 5.72. The lowest BCUT2D eigenvalue weighted by Crippen LogP contribution is -2.26. The molecule has 1 aliphatic rings. The van der Waals surface area contributed by atoms with E-state index in [1.165, 1.54) is 11.9 Å². The first kappa shape index (κ1) is 11.8. The second-order valence-electron chi connectivity index (χ2n) is 3.36. The summed E-state index contributed by atoms with van der Waals surface area (Å²) in [4.78, 5) is 11.3. The molecule has 1 heterocycles. The lowest BCUT2D eigenvalue weighted by molar-refractivity contribution is -0.387. The van der Waals surface area contributed by atoms with Crippen molar-refractivity contribution in [1.29, 1.82) is 0 Å². The van der Waals surface area contributed by atoms with Crippen molar-refractivity contribution in [3.8, 4) is 0 Å². The molecule has 0 radical (unpaired) electrons. The maximum atomic E-state index is 10.8. The molecule has 1 aromatic rings. The topological polar surface area (TPSA) is 46.4 Å². The highest BCUT2D eigenvalue weighted by atomic mass is 32.2. The molecule has 0 saturated carbocycles. The van der Waals surface area contributed by atoms with Crippen LogP contribution in [0, 0.1) is 10.1 Å². The van der Waals surface area contributed by atoms with Crippen molar-refractivity contribution >= 4 is 29.4 Å². The third-order valence-electron chi connectivity index (χ3n) is 2.26. The number of hydrogen-bond acceptors (Lipinski definition) is 5. The molecule has 1 fully saturated rings. The molecule has 0 bridgehead atoms. The zero-order valence-electron chi connectivity index (χ0n) is 8.67. The molecule has 16 heavy (non-hydrogen) atoms. The van der Waals surface area contributed by atoms with Gasteiger partial charge >= 0.3 is 0 Å².